The summed E-state index contributed by atoms with van der Waals surface area (Å²) < 4.78 is 11.1. The number of aryl methyl sites for hydroxylation is 2. The van der Waals surface area contributed by atoms with Crippen molar-refractivity contribution in [1.29, 1.82) is 0 Å². The van der Waals surface area contributed by atoms with E-state index in [1.54, 1.807) is 7.11 Å². The summed E-state index contributed by atoms with van der Waals surface area (Å²) in [5.41, 5.74) is 3.74. The molecule has 0 saturated heterocycles. The summed E-state index contributed by atoms with van der Waals surface area (Å²) >= 11 is 0. The van der Waals surface area contributed by atoms with Crippen molar-refractivity contribution in [3.8, 4) is 0 Å². The molecule has 3 nitrogen and oxygen atoms in total. The number of benzene rings is 1. The summed E-state index contributed by atoms with van der Waals surface area (Å²) in [6, 6.07) is 6.89. The maximum Gasteiger partial charge on any atom is 0.103 e. The van der Waals surface area contributed by atoms with Gasteiger partial charge in [0.2, 0.25) is 0 Å². The lowest BCUT2D eigenvalue weighted by Crippen LogP contribution is -2.56. The molecule has 1 aliphatic rings. The molecule has 0 bridgehead atoms. The average Bonchev–Trinajstić information content (AvgIpc) is 2.26. The predicted octanol–water partition coefficient (Wildman–Crippen LogP) is 2.91. The summed E-state index contributed by atoms with van der Waals surface area (Å²) in [5, 5.41) is 3.54. The molecular formula is C15H23NO2. The molecule has 3 atom stereocenters. The molecule has 1 fully saturated rings. The fourth-order valence-corrected chi connectivity index (χ4v) is 2.69. The minimum atomic E-state index is 0.158. The van der Waals surface area contributed by atoms with Crippen LogP contribution >= 0.6 is 0 Å². The zero-order chi connectivity index (χ0) is 13.1. The molecule has 0 heterocycles. The number of ether oxygens (including phenoxy) is 2. The molecule has 2 rings (SSSR count). The minimum Gasteiger partial charge on any atom is -0.379 e. The number of nitrogens with one attached hydrogen (secondary N) is 1. The second-order valence-electron chi connectivity index (χ2n) is 5.06. The van der Waals surface area contributed by atoms with Crippen molar-refractivity contribution in [3.63, 3.8) is 0 Å². The van der Waals surface area contributed by atoms with E-state index in [1.165, 1.54) is 16.8 Å². The lowest BCUT2D eigenvalue weighted by molar-refractivity contribution is -0.118. The van der Waals surface area contributed by atoms with Gasteiger partial charge in [0.1, 0.15) is 6.10 Å². The van der Waals surface area contributed by atoms with Crippen LogP contribution in [0.2, 0.25) is 0 Å². The van der Waals surface area contributed by atoms with Crippen molar-refractivity contribution in [2.24, 2.45) is 0 Å². The molecule has 0 amide bonds. The fraction of sp³-hybridized carbons (Fsp3) is 0.600. The zero-order valence-electron chi connectivity index (χ0n) is 11.7. The van der Waals surface area contributed by atoms with Crippen LogP contribution in [-0.4, -0.2) is 32.0 Å². The summed E-state index contributed by atoms with van der Waals surface area (Å²) in [5.74, 6) is 0. The van der Waals surface area contributed by atoms with Crippen LogP contribution in [0.4, 0.5) is 5.69 Å². The molecule has 1 saturated carbocycles. The first kappa shape index (κ1) is 13.4. The van der Waals surface area contributed by atoms with E-state index in [1.807, 2.05) is 6.92 Å². The van der Waals surface area contributed by atoms with Crippen LogP contribution in [0.3, 0.4) is 0 Å². The fourth-order valence-electron chi connectivity index (χ4n) is 2.69. The van der Waals surface area contributed by atoms with Crippen LogP contribution in [-0.2, 0) is 9.47 Å². The van der Waals surface area contributed by atoms with Gasteiger partial charge >= 0.3 is 0 Å². The summed E-state index contributed by atoms with van der Waals surface area (Å²) in [6.45, 7) is 7.02. The van der Waals surface area contributed by atoms with E-state index in [-0.39, 0.29) is 12.2 Å². The molecule has 100 valence electrons. The first-order chi connectivity index (χ1) is 8.63. The maximum atomic E-state index is 5.63. The highest BCUT2D eigenvalue weighted by molar-refractivity contribution is 5.49. The van der Waals surface area contributed by atoms with Gasteiger partial charge < -0.3 is 14.8 Å². The molecule has 0 aromatic heterocycles. The first-order valence-corrected chi connectivity index (χ1v) is 6.63. The first-order valence-electron chi connectivity index (χ1n) is 6.63. The Balaban J connectivity index is 1.98. The van der Waals surface area contributed by atoms with Gasteiger partial charge in [0.05, 0.1) is 12.1 Å². The lowest BCUT2D eigenvalue weighted by atomic mass is 9.85. The summed E-state index contributed by atoms with van der Waals surface area (Å²) in [7, 11) is 1.76. The number of anilines is 1. The van der Waals surface area contributed by atoms with Crippen LogP contribution < -0.4 is 5.32 Å². The largest absolute Gasteiger partial charge is 0.379 e. The Morgan fingerprint density at radius 3 is 2.44 bits per heavy atom. The number of methoxy groups -OCH3 is 1. The minimum absolute atomic E-state index is 0.158. The molecule has 1 N–H and O–H groups in total. The monoisotopic (exact) mass is 249 g/mol. The van der Waals surface area contributed by atoms with Gasteiger partial charge in [0.15, 0.2) is 0 Å². The second-order valence-corrected chi connectivity index (χ2v) is 5.06. The Morgan fingerprint density at radius 1 is 1.22 bits per heavy atom. The summed E-state index contributed by atoms with van der Waals surface area (Å²) in [4.78, 5) is 0. The van der Waals surface area contributed by atoms with Crippen LogP contribution in [0.1, 0.15) is 24.5 Å². The highest BCUT2D eigenvalue weighted by atomic mass is 16.5. The van der Waals surface area contributed by atoms with Crippen molar-refractivity contribution in [3.05, 3.63) is 29.3 Å². The molecule has 1 aliphatic carbocycles. The van der Waals surface area contributed by atoms with Gasteiger partial charge in [-0.25, -0.2) is 0 Å². The van der Waals surface area contributed by atoms with Crippen molar-refractivity contribution < 1.29 is 9.47 Å². The van der Waals surface area contributed by atoms with E-state index in [0.717, 1.165) is 13.0 Å². The Hall–Kier alpha value is -1.06. The quantitative estimate of drug-likeness (QED) is 0.870. The van der Waals surface area contributed by atoms with Gasteiger partial charge in [-0.3, -0.25) is 0 Å². The highest BCUT2D eigenvalue weighted by Crippen LogP contribution is 2.30. The number of hydrogen-bond donors (Lipinski definition) is 1. The molecule has 0 spiro atoms. The molecule has 3 unspecified atom stereocenters. The van der Waals surface area contributed by atoms with Gasteiger partial charge in [-0.05, 0) is 50.5 Å². The number of hydrogen-bond acceptors (Lipinski definition) is 3. The van der Waals surface area contributed by atoms with Crippen LogP contribution in [0.25, 0.3) is 0 Å². The van der Waals surface area contributed by atoms with Gasteiger partial charge in [0.25, 0.3) is 0 Å². The Labute approximate surface area is 109 Å². The zero-order valence-corrected chi connectivity index (χ0v) is 11.7. The Morgan fingerprint density at radius 2 is 1.89 bits per heavy atom. The van der Waals surface area contributed by atoms with Gasteiger partial charge in [-0.15, -0.1) is 0 Å². The molecular weight excluding hydrogens is 226 g/mol. The lowest BCUT2D eigenvalue weighted by Gasteiger charge is -2.43. The van der Waals surface area contributed by atoms with Crippen LogP contribution in [0, 0.1) is 13.8 Å². The average molecular weight is 249 g/mol. The molecule has 0 aliphatic heterocycles. The van der Waals surface area contributed by atoms with Gasteiger partial charge in [-0.1, -0.05) is 6.07 Å². The summed E-state index contributed by atoms with van der Waals surface area (Å²) in [6.07, 6.45) is 1.41. The predicted molar refractivity (Wildman–Crippen MR) is 74.2 cm³/mol. The van der Waals surface area contributed by atoms with E-state index in [0.29, 0.717) is 6.04 Å². The normalized spacial score (nSPS) is 26.8. The molecule has 0 radical (unpaired) electrons. The second kappa shape index (κ2) is 5.72. The van der Waals surface area contributed by atoms with E-state index < -0.39 is 0 Å². The highest BCUT2D eigenvalue weighted by Gasteiger charge is 2.42. The standard InChI is InChI=1S/C15H23NO2/c1-5-18-14-9-13(15(14)17-4)16-12-7-10(2)6-11(3)8-12/h6-8,13-16H,5,9H2,1-4H3. The van der Waals surface area contributed by atoms with Crippen molar-refractivity contribution in [1.82, 2.24) is 0 Å². The van der Waals surface area contributed by atoms with E-state index >= 15 is 0 Å². The third kappa shape index (κ3) is 2.85. The van der Waals surface area contributed by atoms with E-state index in [9.17, 15) is 0 Å². The molecule has 3 heteroatoms. The maximum absolute atomic E-state index is 5.63. The van der Waals surface area contributed by atoms with Crippen molar-refractivity contribution in [2.45, 2.75) is 45.4 Å². The van der Waals surface area contributed by atoms with E-state index in [2.05, 4.69) is 37.4 Å². The topological polar surface area (TPSA) is 30.5 Å². The van der Waals surface area contributed by atoms with Crippen LogP contribution in [0.5, 0.6) is 0 Å². The Kier molecular flexibility index (Phi) is 4.25. The Bertz CT molecular complexity index is 385. The van der Waals surface area contributed by atoms with Crippen molar-refractivity contribution >= 4 is 5.69 Å². The third-order valence-corrected chi connectivity index (χ3v) is 3.48. The SMILES string of the molecule is CCOC1CC(Nc2cc(C)cc(C)c2)C1OC. The molecule has 18 heavy (non-hydrogen) atoms. The number of rotatable bonds is 5. The van der Waals surface area contributed by atoms with E-state index in [4.69, 9.17) is 9.47 Å². The van der Waals surface area contributed by atoms with Gasteiger partial charge in [-0.2, -0.15) is 0 Å². The molecule has 1 aromatic carbocycles. The smallest absolute Gasteiger partial charge is 0.103 e. The molecule has 1 aromatic rings. The van der Waals surface area contributed by atoms with Crippen LogP contribution in [0.15, 0.2) is 18.2 Å². The van der Waals surface area contributed by atoms with Gasteiger partial charge in [0, 0.05) is 19.4 Å². The third-order valence-electron chi connectivity index (χ3n) is 3.48. The van der Waals surface area contributed by atoms with Crippen molar-refractivity contribution in [2.75, 3.05) is 19.0 Å².